The Bertz CT molecular complexity index is 355. The molecule has 1 atom stereocenters. The molecule has 1 saturated carbocycles. The molecular formula is C15H28N2O3S. The van der Waals surface area contributed by atoms with E-state index in [4.69, 9.17) is 5.11 Å². The molecule has 122 valence electrons. The highest BCUT2D eigenvalue weighted by atomic mass is 32.2. The van der Waals surface area contributed by atoms with Gasteiger partial charge in [-0.2, -0.15) is 11.8 Å². The van der Waals surface area contributed by atoms with Gasteiger partial charge in [0.1, 0.15) is 6.04 Å². The Balaban J connectivity index is 2.46. The number of urea groups is 1. The van der Waals surface area contributed by atoms with Gasteiger partial charge in [-0.05, 0) is 31.4 Å². The summed E-state index contributed by atoms with van der Waals surface area (Å²) in [5.41, 5.74) is 0. The molecule has 0 radical (unpaired) electrons. The van der Waals surface area contributed by atoms with Crippen molar-refractivity contribution in [3.63, 3.8) is 0 Å². The molecule has 3 N–H and O–H groups in total. The number of hydrogen-bond donors (Lipinski definition) is 3. The van der Waals surface area contributed by atoms with Crippen LogP contribution in [-0.4, -0.2) is 40.7 Å². The van der Waals surface area contributed by atoms with E-state index in [1.165, 1.54) is 19.3 Å². The topological polar surface area (TPSA) is 78.4 Å². The summed E-state index contributed by atoms with van der Waals surface area (Å²) >= 11 is 1.81. The highest BCUT2D eigenvalue weighted by molar-refractivity contribution is 8.00. The van der Waals surface area contributed by atoms with Crippen molar-refractivity contribution in [3.05, 3.63) is 0 Å². The van der Waals surface area contributed by atoms with Gasteiger partial charge in [-0.25, -0.2) is 9.59 Å². The molecule has 1 aliphatic rings. The Morgan fingerprint density at radius 1 is 1.24 bits per heavy atom. The summed E-state index contributed by atoms with van der Waals surface area (Å²) in [5.74, 6) is -0.751. The number of nitrogens with one attached hydrogen (secondary N) is 2. The molecule has 0 aliphatic heterocycles. The molecule has 0 bridgehead atoms. The number of thioether (sulfide) groups is 1. The highest BCUT2D eigenvalue weighted by Crippen LogP contribution is 2.37. The third-order valence-corrected chi connectivity index (χ3v) is 5.50. The van der Waals surface area contributed by atoms with Crippen LogP contribution < -0.4 is 10.6 Å². The second-order valence-corrected chi connectivity index (χ2v) is 7.57. The van der Waals surface area contributed by atoms with E-state index in [2.05, 4.69) is 16.9 Å². The summed E-state index contributed by atoms with van der Waals surface area (Å²) in [6.45, 7) is 4.49. The molecule has 5 nitrogen and oxygen atoms in total. The summed E-state index contributed by atoms with van der Waals surface area (Å²) in [7, 11) is 0. The molecule has 2 amide bonds. The summed E-state index contributed by atoms with van der Waals surface area (Å²) in [4.78, 5) is 23.1. The number of aliphatic carboxylic acids is 1. The molecular weight excluding hydrogens is 288 g/mol. The Morgan fingerprint density at radius 3 is 2.33 bits per heavy atom. The third kappa shape index (κ3) is 6.16. The molecule has 1 rings (SSSR count). The molecule has 1 fully saturated rings. The molecule has 1 unspecified atom stereocenters. The van der Waals surface area contributed by atoms with Crippen LogP contribution in [0.1, 0.15) is 52.4 Å². The zero-order valence-electron chi connectivity index (χ0n) is 13.3. The molecule has 21 heavy (non-hydrogen) atoms. The van der Waals surface area contributed by atoms with Crippen LogP contribution in [0, 0.1) is 5.92 Å². The number of amides is 2. The number of carbonyl (C=O) groups excluding carboxylic acids is 1. The van der Waals surface area contributed by atoms with Gasteiger partial charge >= 0.3 is 12.0 Å². The molecule has 0 aromatic heterocycles. The second-order valence-electron chi connectivity index (χ2n) is 6.30. The van der Waals surface area contributed by atoms with Gasteiger partial charge < -0.3 is 15.7 Å². The Hall–Kier alpha value is -0.910. The lowest BCUT2D eigenvalue weighted by Gasteiger charge is -2.36. The Labute approximate surface area is 131 Å². The number of carbonyl (C=O) groups is 2. The van der Waals surface area contributed by atoms with Crippen LogP contribution in [-0.2, 0) is 4.79 Å². The Morgan fingerprint density at radius 2 is 1.86 bits per heavy atom. The lowest BCUT2D eigenvalue weighted by molar-refractivity contribution is -0.139. The van der Waals surface area contributed by atoms with E-state index in [0.717, 1.165) is 12.8 Å². The van der Waals surface area contributed by atoms with E-state index >= 15 is 0 Å². The quantitative estimate of drug-likeness (QED) is 0.675. The lowest BCUT2D eigenvalue weighted by atomic mass is 9.88. The van der Waals surface area contributed by atoms with Crippen LogP contribution in [0.4, 0.5) is 4.79 Å². The van der Waals surface area contributed by atoms with E-state index in [1.54, 1.807) is 0 Å². The van der Waals surface area contributed by atoms with Gasteiger partial charge in [0.15, 0.2) is 0 Å². The second kappa shape index (κ2) is 8.51. The van der Waals surface area contributed by atoms with E-state index in [-0.39, 0.29) is 16.7 Å². The molecule has 0 heterocycles. The zero-order chi connectivity index (χ0) is 15.9. The van der Waals surface area contributed by atoms with E-state index in [0.29, 0.717) is 13.0 Å². The summed E-state index contributed by atoms with van der Waals surface area (Å²) in [6, 6.07) is -1.19. The fraction of sp³-hybridized carbons (Fsp3) is 0.867. The van der Waals surface area contributed by atoms with Crippen molar-refractivity contribution >= 4 is 23.8 Å². The molecule has 1 aliphatic carbocycles. The van der Waals surface area contributed by atoms with E-state index in [9.17, 15) is 9.59 Å². The molecule has 0 spiro atoms. The average molecular weight is 316 g/mol. The van der Waals surface area contributed by atoms with Crippen molar-refractivity contribution in [2.75, 3.05) is 12.8 Å². The normalized spacial score (nSPS) is 19.0. The summed E-state index contributed by atoms with van der Waals surface area (Å²) < 4.78 is 0.117. The van der Waals surface area contributed by atoms with Crippen LogP contribution in [0.2, 0.25) is 0 Å². The minimum atomic E-state index is -0.976. The maximum atomic E-state index is 11.9. The van der Waals surface area contributed by atoms with Crippen molar-refractivity contribution in [2.45, 2.75) is 63.2 Å². The summed E-state index contributed by atoms with van der Waals surface area (Å²) in [6.07, 6.45) is 8.43. The fourth-order valence-electron chi connectivity index (χ4n) is 2.79. The van der Waals surface area contributed by atoms with Crippen LogP contribution in [0.5, 0.6) is 0 Å². The first kappa shape index (κ1) is 18.1. The van der Waals surface area contributed by atoms with Crippen molar-refractivity contribution < 1.29 is 14.7 Å². The molecule has 6 heteroatoms. The van der Waals surface area contributed by atoms with Crippen LogP contribution in [0.15, 0.2) is 0 Å². The molecule has 0 saturated heterocycles. The predicted molar refractivity (Wildman–Crippen MR) is 86.7 cm³/mol. The van der Waals surface area contributed by atoms with Crippen molar-refractivity contribution in [1.29, 1.82) is 0 Å². The van der Waals surface area contributed by atoms with Gasteiger partial charge in [0, 0.05) is 11.3 Å². The van der Waals surface area contributed by atoms with Gasteiger partial charge in [0.05, 0.1) is 0 Å². The minimum Gasteiger partial charge on any atom is -0.480 e. The zero-order valence-corrected chi connectivity index (χ0v) is 14.1. The van der Waals surface area contributed by atoms with Gasteiger partial charge in [-0.1, -0.05) is 33.1 Å². The van der Waals surface area contributed by atoms with Gasteiger partial charge in [-0.3, -0.25) is 0 Å². The van der Waals surface area contributed by atoms with Crippen LogP contribution in [0.25, 0.3) is 0 Å². The average Bonchev–Trinajstić information content (AvgIpc) is 2.45. The Kier molecular flexibility index (Phi) is 7.35. The number of carboxylic acid groups (broad SMARTS) is 1. The van der Waals surface area contributed by atoms with Gasteiger partial charge in [0.25, 0.3) is 0 Å². The maximum Gasteiger partial charge on any atom is 0.326 e. The van der Waals surface area contributed by atoms with Crippen molar-refractivity contribution in [2.24, 2.45) is 5.92 Å². The number of rotatable bonds is 7. The van der Waals surface area contributed by atoms with E-state index < -0.39 is 12.0 Å². The van der Waals surface area contributed by atoms with E-state index in [1.807, 2.05) is 25.6 Å². The molecule has 0 aromatic carbocycles. The first-order chi connectivity index (χ1) is 9.88. The van der Waals surface area contributed by atoms with Crippen molar-refractivity contribution in [3.8, 4) is 0 Å². The molecule has 0 aromatic rings. The SMILES string of the molecule is CSC1(CNC(=O)NC(CC(C)C)C(=O)O)CCCCC1. The minimum absolute atomic E-state index is 0.117. The van der Waals surface area contributed by atoms with Crippen molar-refractivity contribution in [1.82, 2.24) is 10.6 Å². The van der Waals surface area contributed by atoms with Gasteiger partial charge in [-0.15, -0.1) is 0 Å². The highest BCUT2D eigenvalue weighted by Gasteiger charge is 2.31. The first-order valence-electron chi connectivity index (χ1n) is 7.71. The van der Waals surface area contributed by atoms with Crippen LogP contribution in [0.3, 0.4) is 0 Å². The standard InChI is InChI=1S/C15H28N2O3S/c1-11(2)9-12(13(18)19)17-14(20)16-10-15(21-3)7-5-4-6-8-15/h11-12H,4-10H2,1-3H3,(H,18,19)(H2,16,17,20). The third-order valence-electron chi connectivity index (χ3n) is 4.08. The largest absolute Gasteiger partial charge is 0.480 e. The predicted octanol–water partition coefficient (Wildman–Crippen LogP) is 2.85. The number of carboxylic acids is 1. The smallest absolute Gasteiger partial charge is 0.326 e. The lowest BCUT2D eigenvalue weighted by Crippen LogP contribution is -2.50. The van der Waals surface area contributed by atoms with Crippen LogP contribution >= 0.6 is 11.8 Å². The van der Waals surface area contributed by atoms with Gasteiger partial charge in [0.2, 0.25) is 0 Å². The first-order valence-corrected chi connectivity index (χ1v) is 8.93. The maximum absolute atomic E-state index is 11.9. The summed E-state index contributed by atoms with van der Waals surface area (Å²) in [5, 5.41) is 14.6. The fourth-order valence-corrected chi connectivity index (χ4v) is 3.71. The number of hydrogen-bond acceptors (Lipinski definition) is 3. The monoisotopic (exact) mass is 316 g/mol.